The summed E-state index contributed by atoms with van der Waals surface area (Å²) in [5.74, 6) is 0.837. The summed E-state index contributed by atoms with van der Waals surface area (Å²) in [5.41, 5.74) is 1.56. The van der Waals surface area contributed by atoms with Gasteiger partial charge in [0.15, 0.2) is 11.5 Å². The van der Waals surface area contributed by atoms with E-state index in [0.29, 0.717) is 22.2 Å². The molecule has 114 valence electrons. The average Bonchev–Trinajstić information content (AvgIpc) is 2.51. The lowest BCUT2D eigenvalue weighted by Crippen LogP contribution is -2.17. The molecule has 0 aliphatic carbocycles. The van der Waals surface area contributed by atoms with Crippen LogP contribution in [0.4, 0.5) is 10.5 Å². The van der Waals surface area contributed by atoms with Gasteiger partial charge in [0, 0.05) is 10.7 Å². The number of carbonyl (C=O) groups is 1. The number of allylic oxidation sites excluding steroid dienone is 1. The number of methoxy groups -OCH3 is 1. The van der Waals surface area contributed by atoms with Crippen LogP contribution in [0.25, 0.3) is 6.08 Å². The molecule has 0 fully saturated rings. The molecule has 1 N–H and O–H groups in total. The molecule has 0 bridgehead atoms. The lowest BCUT2D eigenvalue weighted by atomic mass is 10.2. The first-order valence-corrected chi connectivity index (χ1v) is 7.05. The number of carbonyl (C=O) groups excluding carboxylic acids is 1. The minimum absolute atomic E-state index is 0.349. The summed E-state index contributed by atoms with van der Waals surface area (Å²) in [5, 5.41) is 3.22. The highest BCUT2D eigenvalue weighted by atomic mass is 35.5. The van der Waals surface area contributed by atoms with Gasteiger partial charge in [-0.25, -0.2) is 4.79 Å². The van der Waals surface area contributed by atoms with Crippen LogP contribution in [0, 0.1) is 0 Å². The molecule has 0 aliphatic rings. The molecule has 0 radical (unpaired) electrons. The van der Waals surface area contributed by atoms with Crippen LogP contribution in [0.1, 0.15) is 12.5 Å². The number of nitrogens with one attached hydrogen (secondary N) is 1. The number of ether oxygens (including phenoxy) is 2. The average molecular weight is 318 g/mol. The van der Waals surface area contributed by atoms with E-state index >= 15 is 0 Å². The van der Waals surface area contributed by atoms with Crippen LogP contribution in [0.15, 0.2) is 48.5 Å². The van der Waals surface area contributed by atoms with Crippen molar-refractivity contribution in [3.63, 3.8) is 0 Å². The SMILES string of the molecule is C/C=C\c1ccc(OC(=O)Nc2ccc(Cl)cc2)c(OC)c1. The summed E-state index contributed by atoms with van der Waals surface area (Å²) in [6.07, 6.45) is 3.25. The molecule has 0 saturated heterocycles. The van der Waals surface area contributed by atoms with E-state index in [2.05, 4.69) is 5.32 Å². The Kier molecular flexibility index (Phi) is 5.44. The van der Waals surface area contributed by atoms with Gasteiger partial charge < -0.3 is 9.47 Å². The van der Waals surface area contributed by atoms with Crippen LogP contribution in [0.3, 0.4) is 0 Å². The molecule has 2 rings (SSSR count). The molecule has 22 heavy (non-hydrogen) atoms. The first kappa shape index (κ1) is 15.9. The molecule has 0 aromatic heterocycles. The van der Waals surface area contributed by atoms with Gasteiger partial charge in [0.1, 0.15) is 0 Å². The summed E-state index contributed by atoms with van der Waals surface area (Å²) in [4.78, 5) is 11.9. The van der Waals surface area contributed by atoms with Gasteiger partial charge in [-0.3, -0.25) is 5.32 Å². The fraction of sp³-hybridized carbons (Fsp3) is 0.118. The quantitative estimate of drug-likeness (QED) is 0.864. The summed E-state index contributed by atoms with van der Waals surface area (Å²) in [6, 6.07) is 12.1. The van der Waals surface area contributed by atoms with Gasteiger partial charge in [0.25, 0.3) is 0 Å². The normalized spacial score (nSPS) is 10.5. The molecular weight excluding hydrogens is 302 g/mol. The zero-order chi connectivity index (χ0) is 15.9. The van der Waals surface area contributed by atoms with Crippen LogP contribution in [-0.2, 0) is 0 Å². The lowest BCUT2D eigenvalue weighted by Gasteiger charge is -2.11. The topological polar surface area (TPSA) is 47.6 Å². The smallest absolute Gasteiger partial charge is 0.417 e. The Bertz CT molecular complexity index is 681. The van der Waals surface area contributed by atoms with E-state index in [-0.39, 0.29) is 0 Å². The number of amides is 1. The minimum Gasteiger partial charge on any atom is -0.493 e. The fourth-order valence-corrected chi connectivity index (χ4v) is 1.97. The third-order valence-electron chi connectivity index (χ3n) is 2.84. The van der Waals surface area contributed by atoms with Crippen molar-refractivity contribution < 1.29 is 14.3 Å². The molecule has 0 aliphatic heterocycles. The Morgan fingerprint density at radius 2 is 1.86 bits per heavy atom. The molecule has 4 nitrogen and oxygen atoms in total. The summed E-state index contributed by atoms with van der Waals surface area (Å²) in [7, 11) is 1.53. The Balaban J connectivity index is 2.09. The highest BCUT2D eigenvalue weighted by Crippen LogP contribution is 2.29. The van der Waals surface area contributed by atoms with Crippen molar-refractivity contribution >= 4 is 29.5 Å². The molecule has 0 saturated carbocycles. The fourth-order valence-electron chi connectivity index (χ4n) is 1.84. The van der Waals surface area contributed by atoms with Crippen LogP contribution in [0.5, 0.6) is 11.5 Å². The highest BCUT2D eigenvalue weighted by molar-refractivity contribution is 6.30. The second-order valence-corrected chi connectivity index (χ2v) is 4.87. The zero-order valence-electron chi connectivity index (χ0n) is 12.3. The van der Waals surface area contributed by atoms with E-state index < -0.39 is 6.09 Å². The van der Waals surface area contributed by atoms with Gasteiger partial charge in [-0.1, -0.05) is 29.8 Å². The number of anilines is 1. The predicted octanol–water partition coefficient (Wildman–Crippen LogP) is 4.99. The number of halogens is 1. The van der Waals surface area contributed by atoms with E-state index in [1.54, 1.807) is 36.4 Å². The molecule has 5 heteroatoms. The number of hydrogen-bond donors (Lipinski definition) is 1. The lowest BCUT2D eigenvalue weighted by molar-refractivity contribution is 0.213. The first-order valence-electron chi connectivity index (χ1n) is 6.67. The van der Waals surface area contributed by atoms with E-state index in [1.807, 2.05) is 25.1 Å². The number of rotatable bonds is 4. The Labute approximate surface area is 134 Å². The molecule has 0 spiro atoms. The monoisotopic (exact) mass is 317 g/mol. The predicted molar refractivity (Wildman–Crippen MR) is 88.8 cm³/mol. The van der Waals surface area contributed by atoms with Gasteiger partial charge in [0.2, 0.25) is 0 Å². The minimum atomic E-state index is -0.598. The molecule has 1 amide bonds. The van der Waals surface area contributed by atoms with Crippen molar-refractivity contribution in [1.29, 1.82) is 0 Å². The van der Waals surface area contributed by atoms with Gasteiger partial charge in [0.05, 0.1) is 7.11 Å². The molecule has 2 aromatic carbocycles. The molecule has 0 unspecified atom stereocenters. The van der Waals surface area contributed by atoms with Crippen LogP contribution >= 0.6 is 11.6 Å². The summed E-state index contributed by atoms with van der Waals surface area (Å²) >= 11 is 5.79. The maximum atomic E-state index is 11.9. The van der Waals surface area contributed by atoms with Crippen molar-refractivity contribution in [2.45, 2.75) is 6.92 Å². The third-order valence-corrected chi connectivity index (χ3v) is 3.09. The van der Waals surface area contributed by atoms with Gasteiger partial charge in [-0.05, 0) is 48.9 Å². The van der Waals surface area contributed by atoms with E-state index in [9.17, 15) is 4.79 Å². The second-order valence-electron chi connectivity index (χ2n) is 4.43. The standard InChI is InChI=1S/C17H16ClNO3/c1-3-4-12-5-10-15(16(11-12)21-2)22-17(20)19-14-8-6-13(18)7-9-14/h3-11H,1-2H3,(H,19,20)/b4-3-. The number of benzene rings is 2. The maximum absolute atomic E-state index is 11.9. The molecule has 0 atom stereocenters. The zero-order valence-corrected chi connectivity index (χ0v) is 13.1. The van der Waals surface area contributed by atoms with Crippen molar-refractivity contribution in [2.75, 3.05) is 12.4 Å². The van der Waals surface area contributed by atoms with E-state index in [4.69, 9.17) is 21.1 Å². The van der Waals surface area contributed by atoms with E-state index in [1.165, 1.54) is 7.11 Å². The Morgan fingerprint density at radius 3 is 2.50 bits per heavy atom. The van der Waals surface area contributed by atoms with Crippen molar-refractivity contribution in [2.24, 2.45) is 0 Å². The van der Waals surface area contributed by atoms with Crippen molar-refractivity contribution in [3.05, 3.63) is 59.1 Å². The van der Waals surface area contributed by atoms with Crippen LogP contribution < -0.4 is 14.8 Å². The summed E-state index contributed by atoms with van der Waals surface area (Å²) < 4.78 is 10.5. The van der Waals surface area contributed by atoms with Gasteiger partial charge in [-0.2, -0.15) is 0 Å². The van der Waals surface area contributed by atoms with Gasteiger partial charge in [-0.15, -0.1) is 0 Å². The molecule has 0 heterocycles. The summed E-state index contributed by atoms with van der Waals surface area (Å²) in [6.45, 7) is 1.93. The Hall–Kier alpha value is -2.46. The molecule has 2 aromatic rings. The second kappa shape index (κ2) is 7.52. The first-order chi connectivity index (χ1) is 10.6. The third kappa shape index (κ3) is 4.27. The van der Waals surface area contributed by atoms with Crippen LogP contribution in [0.2, 0.25) is 5.02 Å². The molecular formula is C17H16ClNO3. The maximum Gasteiger partial charge on any atom is 0.417 e. The largest absolute Gasteiger partial charge is 0.493 e. The van der Waals surface area contributed by atoms with E-state index in [0.717, 1.165) is 5.56 Å². The number of hydrogen-bond acceptors (Lipinski definition) is 3. The van der Waals surface area contributed by atoms with Crippen molar-refractivity contribution in [1.82, 2.24) is 0 Å². The van der Waals surface area contributed by atoms with Crippen molar-refractivity contribution in [3.8, 4) is 11.5 Å². The van der Waals surface area contributed by atoms with Crippen LogP contribution in [-0.4, -0.2) is 13.2 Å². The van der Waals surface area contributed by atoms with Gasteiger partial charge >= 0.3 is 6.09 Å². The Morgan fingerprint density at radius 1 is 1.14 bits per heavy atom. The highest BCUT2D eigenvalue weighted by Gasteiger charge is 2.10.